The summed E-state index contributed by atoms with van der Waals surface area (Å²) in [4.78, 5) is 34.8. The molecular formula is C16H19N3O2S. The summed E-state index contributed by atoms with van der Waals surface area (Å²) in [5, 5.41) is 0. The fourth-order valence-corrected chi connectivity index (χ4v) is 3.62. The van der Waals surface area contributed by atoms with Crippen LogP contribution in [0.15, 0.2) is 24.7 Å². The van der Waals surface area contributed by atoms with E-state index in [0.29, 0.717) is 19.3 Å². The highest BCUT2D eigenvalue weighted by molar-refractivity contribution is 7.14. The van der Waals surface area contributed by atoms with Crippen LogP contribution in [-0.2, 0) is 17.6 Å². The van der Waals surface area contributed by atoms with Crippen LogP contribution in [-0.4, -0.2) is 39.6 Å². The lowest BCUT2D eigenvalue weighted by molar-refractivity contribution is -0.118. The van der Waals surface area contributed by atoms with E-state index in [0.717, 1.165) is 41.4 Å². The van der Waals surface area contributed by atoms with E-state index in [-0.39, 0.29) is 11.7 Å². The maximum Gasteiger partial charge on any atom is 0.263 e. The molecular weight excluding hydrogens is 298 g/mol. The molecule has 1 saturated heterocycles. The molecule has 0 saturated carbocycles. The van der Waals surface area contributed by atoms with Gasteiger partial charge in [0.1, 0.15) is 5.78 Å². The standard InChI is InChI=1S/C16H19N3O2S/c20-13(9-12-10-17-11-18-12)3-4-14-5-6-15(22-14)16(21)19-7-1-2-8-19/h5-6,10-11H,1-4,7-9H2,(H,17,18). The first kappa shape index (κ1) is 15.0. The molecule has 6 heteroatoms. The van der Waals surface area contributed by atoms with Gasteiger partial charge in [0, 0.05) is 42.7 Å². The van der Waals surface area contributed by atoms with Crippen LogP contribution < -0.4 is 0 Å². The lowest BCUT2D eigenvalue weighted by Crippen LogP contribution is -2.26. The highest BCUT2D eigenvalue weighted by atomic mass is 32.1. The predicted molar refractivity (Wildman–Crippen MR) is 85.1 cm³/mol. The van der Waals surface area contributed by atoms with Gasteiger partial charge < -0.3 is 9.88 Å². The molecule has 0 unspecified atom stereocenters. The number of likely N-dealkylation sites (tertiary alicyclic amines) is 1. The van der Waals surface area contributed by atoms with Gasteiger partial charge in [-0.05, 0) is 31.4 Å². The molecule has 0 aliphatic carbocycles. The summed E-state index contributed by atoms with van der Waals surface area (Å²) in [5.41, 5.74) is 0.848. The summed E-state index contributed by atoms with van der Waals surface area (Å²) < 4.78 is 0. The third-order valence-electron chi connectivity index (χ3n) is 3.86. The number of Topliss-reactive ketones (excluding diaryl/α,β-unsaturated/α-hetero) is 1. The number of nitrogens with zero attached hydrogens (tertiary/aromatic N) is 2. The topological polar surface area (TPSA) is 66.1 Å². The Kier molecular flexibility index (Phi) is 4.68. The highest BCUT2D eigenvalue weighted by Crippen LogP contribution is 2.22. The Bertz CT molecular complexity index is 642. The van der Waals surface area contributed by atoms with Crippen LogP contribution in [0.3, 0.4) is 0 Å². The summed E-state index contributed by atoms with van der Waals surface area (Å²) in [7, 11) is 0. The number of nitrogens with one attached hydrogen (secondary N) is 1. The number of aryl methyl sites for hydroxylation is 1. The molecule has 3 heterocycles. The van der Waals surface area contributed by atoms with Crippen LogP contribution in [0.5, 0.6) is 0 Å². The van der Waals surface area contributed by atoms with Crippen molar-refractivity contribution in [3.8, 4) is 0 Å². The third-order valence-corrected chi connectivity index (χ3v) is 4.99. The smallest absolute Gasteiger partial charge is 0.263 e. The number of ketones is 1. The van der Waals surface area contributed by atoms with Crippen molar-refractivity contribution in [2.24, 2.45) is 0 Å². The van der Waals surface area contributed by atoms with E-state index >= 15 is 0 Å². The number of rotatable bonds is 6. The van der Waals surface area contributed by atoms with Gasteiger partial charge >= 0.3 is 0 Å². The molecule has 0 radical (unpaired) electrons. The average Bonchev–Trinajstić information content (AvgIpc) is 3.26. The minimum absolute atomic E-state index is 0.137. The summed E-state index contributed by atoms with van der Waals surface area (Å²) in [6.45, 7) is 1.74. The summed E-state index contributed by atoms with van der Waals surface area (Å²) >= 11 is 1.51. The van der Waals surface area contributed by atoms with Gasteiger partial charge in [0.2, 0.25) is 0 Å². The van der Waals surface area contributed by atoms with E-state index in [2.05, 4.69) is 9.97 Å². The summed E-state index contributed by atoms with van der Waals surface area (Å²) in [6, 6.07) is 3.86. The van der Waals surface area contributed by atoms with Gasteiger partial charge in [-0.2, -0.15) is 0 Å². The number of H-pyrrole nitrogens is 1. The van der Waals surface area contributed by atoms with E-state index < -0.39 is 0 Å². The molecule has 2 aromatic heterocycles. The molecule has 22 heavy (non-hydrogen) atoms. The quantitative estimate of drug-likeness (QED) is 0.890. The first-order valence-corrected chi connectivity index (χ1v) is 8.41. The second kappa shape index (κ2) is 6.87. The number of carbonyl (C=O) groups excluding carboxylic acids is 2. The fourth-order valence-electron chi connectivity index (χ4n) is 2.65. The highest BCUT2D eigenvalue weighted by Gasteiger charge is 2.20. The second-order valence-electron chi connectivity index (χ2n) is 5.56. The molecule has 2 aromatic rings. The van der Waals surface area contributed by atoms with Crippen LogP contribution in [0.2, 0.25) is 0 Å². The van der Waals surface area contributed by atoms with Gasteiger partial charge in [0.15, 0.2) is 0 Å². The number of aromatic nitrogens is 2. The summed E-state index contributed by atoms with van der Waals surface area (Å²) in [5.74, 6) is 0.322. The molecule has 0 atom stereocenters. The number of imidazole rings is 1. The van der Waals surface area contributed by atoms with Gasteiger partial charge in [-0.15, -0.1) is 11.3 Å². The first-order chi connectivity index (χ1) is 10.7. The number of amides is 1. The van der Waals surface area contributed by atoms with Gasteiger partial charge in [0.05, 0.1) is 11.2 Å². The van der Waals surface area contributed by atoms with Crippen LogP contribution >= 0.6 is 11.3 Å². The molecule has 1 aliphatic rings. The van der Waals surface area contributed by atoms with Crippen molar-refractivity contribution in [3.05, 3.63) is 40.1 Å². The van der Waals surface area contributed by atoms with E-state index in [1.165, 1.54) is 11.3 Å². The number of thiophene rings is 1. The SMILES string of the molecule is O=C(CCc1ccc(C(=O)N2CCCC2)s1)Cc1cnc[nH]1. The van der Waals surface area contributed by atoms with Gasteiger partial charge in [0.25, 0.3) is 5.91 Å². The van der Waals surface area contributed by atoms with Crippen LogP contribution in [0.25, 0.3) is 0 Å². The van der Waals surface area contributed by atoms with Crippen molar-refractivity contribution in [1.82, 2.24) is 14.9 Å². The van der Waals surface area contributed by atoms with Crippen molar-refractivity contribution in [3.63, 3.8) is 0 Å². The Labute approximate surface area is 133 Å². The lowest BCUT2D eigenvalue weighted by Gasteiger charge is -2.13. The maximum absolute atomic E-state index is 12.3. The second-order valence-corrected chi connectivity index (χ2v) is 6.73. The molecule has 0 aromatic carbocycles. The van der Waals surface area contributed by atoms with Crippen molar-refractivity contribution >= 4 is 23.0 Å². The van der Waals surface area contributed by atoms with Gasteiger partial charge in [-0.1, -0.05) is 0 Å². The monoisotopic (exact) mass is 317 g/mol. The molecule has 0 bridgehead atoms. The molecule has 1 fully saturated rings. The van der Waals surface area contributed by atoms with E-state index in [1.807, 2.05) is 17.0 Å². The Morgan fingerprint density at radius 2 is 2.09 bits per heavy atom. The van der Waals surface area contributed by atoms with Crippen LogP contribution in [0.1, 0.15) is 39.5 Å². The molecule has 5 nitrogen and oxygen atoms in total. The van der Waals surface area contributed by atoms with Gasteiger partial charge in [-0.25, -0.2) is 4.98 Å². The van der Waals surface area contributed by atoms with E-state index in [1.54, 1.807) is 12.5 Å². The average molecular weight is 317 g/mol. The number of aromatic amines is 1. The molecule has 3 rings (SSSR count). The Morgan fingerprint density at radius 3 is 2.82 bits per heavy atom. The van der Waals surface area contributed by atoms with Crippen molar-refractivity contribution in [2.75, 3.05) is 13.1 Å². The first-order valence-electron chi connectivity index (χ1n) is 7.59. The fraction of sp³-hybridized carbons (Fsp3) is 0.438. The Balaban J connectivity index is 1.51. The molecule has 116 valence electrons. The van der Waals surface area contributed by atoms with Crippen LogP contribution in [0.4, 0.5) is 0 Å². The van der Waals surface area contributed by atoms with Crippen LogP contribution in [0, 0.1) is 0 Å². The van der Waals surface area contributed by atoms with Crippen molar-refractivity contribution in [2.45, 2.75) is 32.1 Å². The summed E-state index contributed by atoms with van der Waals surface area (Å²) in [6.07, 6.45) is 7.05. The largest absolute Gasteiger partial charge is 0.348 e. The maximum atomic E-state index is 12.3. The zero-order chi connectivity index (χ0) is 15.4. The number of carbonyl (C=O) groups is 2. The zero-order valence-corrected chi connectivity index (χ0v) is 13.2. The molecule has 1 amide bonds. The molecule has 0 spiro atoms. The number of hydrogen-bond donors (Lipinski definition) is 1. The molecule has 1 N–H and O–H groups in total. The minimum Gasteiger partial charge on any atom is -0.348 e. The number of hydrogen-bond acceptors (Lipinski definition) is 4. The zero-order valence-electron chi connectivity index (χ0n) is 12.4. The van der Waals surface area contributed by atoms with E-state index in [4.69, 9.17) is 0 Å². The minimum atomic E-state index is 0.137. The van der Waals surface area contributed by atoms with Crippen molar-refractivity contribution in [1.29, 1.82) is 0 Å². The van der Waals surface area contributed by atoms with E-state index in [9.17, 15) is 9.59 Å². The molecule has 1 aliphatic heterocycles. The normalized spacial score (nSPS) is 14.5. The lowest BCUT2D eigenvalue weighted by atomic mass is 10.1. The van der Waals surface area contributed by atoms with Crippen molar-refractivity contribution < 1.29 is 9.59 Å². The Hall–Kier alpha value is -1.95. The Morgan fingerprint density at radius 1 is 1.27 bits per heavy atom. The van der Waals surface area contributed by atoms with Gasteiger partial charge in [-0.3, -0.25) is 9.59 Å². The predicted octanol–water partition coefficient (Wildman–Crippen LogP) is 2.45. The third kappa shape index (κ3) is 3.62.